The van der Waals surface area contributed by atoms with Crippen LogP contribution in [0.5, 0.6) is 17.2 Å². The van der Waals surface area contributed by atoms with Crippen LogP contribution in [0.3, 0.4) is 0 Å². The lowest BCUT2D eigenvalue weighted by molar-refractivity contribution is -0.117. The van der Waals surface area contributed by atoms with E-state index in [1.54, 1.807) is 48.6 Å². The maximum absolute atomic E-state index is 11.9. The molecule has 0 saturated carbocycles. The SMILES string of the molecule is COc1cc(/C=C/C(=O)NCCCCNCCCNC(=O)/C=C/c2ccc(O)cc2)ccc1O. The quantitative estimate of drug-likeness (QED) is 0.215. The number of amides is 2. The molecule has 8 heteroatoms. The molecule has 2 aromatic rings. The van der Waals surface area contributed by atoms with E-state index in [0.29, 0.717) is 18.8 Å². The lowest BCUT2D eigenvalue weighted by atomic mass is 10.2. The molecule has 2 rings (SSSR count). The zero-order chi connectivity index (χ0) is 24.6. The number of benzene rings is 2. The van der Waals surface area contributed by atoms with Gasteiger partial charge in [-0.3, -0.25) is 9.59 Å². The van der Waals surface area contributed by atoms with Crippen LogP contribution in [-0.4, -0.2) is 55.3 Å². The lowest BCUT2D eigenvalue weighted by Gasteiger charge is -2.06. The molecular formula is C26H33N3O5. The number of rotatable bonds is 14. The Morgan fingerprint density at radius 2 is 1.35 bits per heavy atom. The molecule has 0 aliphatic rings. The molecule has 0 saturated heterocycles. The summed E-state index contributed by atoms with van der Waals surface area (Å²) < 4.78 is 5.05. The highest BCUT2D eigenvalue weighted by Gasteiger charge is 2.01. The number of ether oxygens (including phenoxy) is 1. The Balaban J connectivity index is 1.46. The summed E-state index contributed by atoms with van der Waals surface area (Å²) in [5.41, 5.74) is 1.61. The second kappa shape index (κ2) is 15.1. The summed E-state index contributed by atoms with van der Waals surface area (Å²) in [5, 5.41) is 27.8. The van der Waals surface area contributed by atoms with Crippen LogP contribution in [0.25, 0.3) is 12.2 Å². The smallest absolute Gasteiger partial charge is 0.243 e. The first-order chi connectivity index (χ1) is 16.5. The Kier molecular flexibility index (Phi) is 11.8. The maximum Gasteiger partial charge on any atom is 0.243 e. The number of aromatic hydroxyl groups is 2. The van der Waals surface area contributed by atoms with Gasteiger partial charge in [-0.25, -0.2) is 0 Å². The molecule has 0 bridgehead atoms. The third kappa shape index (κ3) is 10.7. The van der Waals surface area contributed by atoms with Gasteiger partial charge in [-0.1, -0.05) is 18.2 Å². The van der Waals surface area contributed by atoms with Gasteiger partial charge in [0.2, 0.25) is 11.8 Å². The van der Waals surface area contributed by atoms with Crippen molar-refractivity contribution in [3.63, 3.8) is 0 Å². The molecule has 5 N–H and O–H groups in total. The maximum atomic E-state index is 11.9. The molecule has 0 atom stereocenters. The van der Waals surface area contributed by atoms with Gasteiger partial charge in [0.25, 0.3) is 0 Å². The van der Waals surface area contributed by atoms with Crippen LogP contribution in [0.1, 0.15) is 30.4 Å². The molecule has 0 radical (unpaired) electrons. The summed E-state index contributed by atoms with van der Waals surface area (Å²) in [7, 11) is 1.47. The van der Waals surface area contributed by atoms with Crippen LogP contribution in [0.2, 0.25) is 0 Å². The van der Waals surface area contributed by atoms with Crippen molar-refractivity contribution in [3.8, 4) is 17.2 Å². The van der Waals surface area contributed by atoms with Crippen molar-refractivity contribution < 1.29 is 24.5 Å². The molecular weight excluding hydrogens is 434 g/mol. The van der Waals surface area contributed by atoms with E-state index in [-0.39, 0.29) is 23.3 Å². The van der Waals surface area contributed by atoms with E-state index in [1.165, 1.54) is 25.3 Å². The molecule has 0 unspecified atom stereocenters. The standard InChI is InChI=1S/C26H33N3O5/c1-34-24-19-21(7-12-23(24)31)9-14-26(33)28-17-3-2-15-27-16-4-18-29-25(32)13-8-20-5-10-22(30)11-6-20/h5-14,19,27,30-31H,2-4,15-18H2,1H3,(H,28,33)(H,29,32)/b13-8+,14-9+. The van der Waals surface area contributed by atoms with E-state index in [0.717, 1.165) is 43.5 Å². The Hall–Kier alpha value is -3.78. The predicted molar refractivity (Wildman–Crippen MR) is 134 cm³/mol. The summed E-state index contributed by atoms with van der Waals surface area (Å²) in [6.45, 7) is 2.81. The van der Waals surface area contributed by atoms with E-state index in [1.807, 2.05) is 0 Å². The zero-order valence-electron chi connectivity index (χ0n) is 19.4. The molecule has 0 heterocycles. The Bertz CT molecular complexity index is 971. The number of unbranched alkanes of at least 4 members (excludes halogenated alkanes) is 1. The fraction of sp³-hybridized carbons (Fsp3) is 0.308. The third-order valence-corrected chi connectivity index (χ3v) is 4.86. The first-order valence-corrected chi connectivity index (χ1v) is 11.3. The topological polar surface area (TPSA) is 120 Å². The van der Waals surface area contributed by atoms with Crippen LogP contribution in [0, 0.1) is 0 Å². The normalized spacial score (nSPS) is 11.1. The van der Waals surface area contributed by atoms with Crippen LogP contribution in [-0.2, 0) is 9.59 Å². The molecule has 0 aliphatic heterocycles. The minimum atomic E-state index is -0.171. The summed E-state index contributed by atoms with van der Waals surface area (Å²) in [5.74, 6) is 0.291. The molecule has 0 spiro atoms. The van der Waals surface area contributed by atoms with Crippen molar-refractivity contribution in [1.29, 1.82) is 0 Å². The van der Waals surface area contributed by atoms with Crippen molar-refractivity contribution in [1.82, 2.24) is 16.0 Å². The predicted octanol–water partition coefficient (Wildman–Crippen LogP) is 2.83. The first-order valence-electron chi connectivity index (χ1n) is 11.3. The van der Waals surface area contributed by atoms with Gasteiger partial charge < -0.3 is 30.9 Å². The van der Waals surface area contributed by atoms with Crippen LogP contribution in [0.15, 0.2) is 54.6 Å². The average molecular weight is 468 g/mol. The van der Waals surface area contributed by atoms with E-state index in [4.69, 9.17) is 4.74 Å². The van der Waals surface area contributed by atoms with Gasteiger partial charge in [-0.05, 0) is 79.9 Å². The Labute approximate surface area is 200 Å². The number of phenolic OH excluding ortho intramolecular Hbond substituents is 2. The average Bonchev–Trinajstić information content (AvgIpc) is 2.84. The molecule has 0 aliphatic carbocycles. The summed E-state index contributed by atoms with van der Waals surface area (Å²) in [6.07, 6.45) is 8.91. The second-order valence-corrected chi connectivity index (χ2v) is 7.58. The van der Waals surface area contributed by atoms with E-state index in [9.17, 15) is 19.8 Å². The van der Waals surface area contributed by atoms with E-state index in [2.05, 4.69) is 16.0 Å². The zero-order valence-corrected chi connectivity index (χ0v) is 19.4. The monoisotopic (exact) mass is 467 g/mol. The molecule has 182 valence electrons. The highest BCUT2D eigenvalue weighted by Crippen LogP contribution is 2.26. The number of phenols is 2. The molecule has 0 aromatic heterocycles. The Morgan fingerprint density at radius 1 is 0.794 bits per heavy atom. The number of carbonyl (C=O) groups excluding carboxylic acids is 2. The van der Waals surface area contributed by atoms with Crippen molar-refractivity contribution in [3.05, 3.63) is 65.7 Å². The fourth-order valence-corrected chi connectivity index (χ4v) is 2.98. The summed E-state index contributed by atoms with van der Waals surface area (Å²) >= 11 is 0. The fourth-order valence-electron chi connectivity index (χ4n) is 2.98. The summed E-state index contributed by atoms with van der Waals surface area (Å²) in [4.78, 5) is 23.7. The van der Waals surface area contributed by atoms with Crippen molar-refractivity contribution in [2.75, 3.05) is 33.3 Å². The van der Waals surface area contributed by atoms with E-state index < -0.39 is 0 Å². The highest BCUT2D eigenvalue weighted by molar-refractivity contribution is 5.92. The molecule has 2 aromatic carbocycles. The molecule has 34 heavy (non-hydrogen) atoms. The molecule has 8 nitrogen and oxygen atoms in total. The van der Waals surface area contributed by atoms with Gasteiger partial charge in [0.1, 0.15) is 5.75 Å². The van der Waals surface area contributed by atoms with Crippen molar-refractivity contribution >= 4 is 24.0 Å². The van der Waals surface area contributed by atoms with Gasteiger partial charge in [0.05, 0.1) is 7.11 Å². The Morgan fingerprint density at radius 3 is 2.03 bits per heavy atom. The van der Waals surface area contributed by atoms with Gasteiger partial charge in [0.15, 0.2) is 11.5 Å². The van der Waals surface area contributed by atoms with Gasteiger partial charge in [-0.2, -0.15) is 0 Å². The number of nitrogens with one attached hydrogen (secondary N) is 3. The molecule has 2 amide bonds. The molecule has 0 fully saturated rings. The van der Waals surface area contributed by atoms with Crippen molar-refractivity contribution in [2.24, 2.45) is 0 Å². The van der Waals surface area contributed by atoms with Gasteiger partial charge in [0, 0.05) is 25.2 Å². The first kappa shape index (κ1) is 26.5. The van der Waals surface area contributed by atoms with Crippen LogP contribution >= 0.6 is 0 Å². The van der Waals surface area contributed by atoms with Crippen LogP contribution < -0.4 is 20.7 Å². The number of hydrogen-bond acceptors (Lipinski definition) is 6. The van der Waals surface area contributed by atoms with Gasteiger partial charge in [-0.15, -0.1) is 0 Å². The number of hydrogen-bond donors (Lipinski definition) is 5. The minimum absolute atomic E-state index is 0.0570. The minimum Gasteiger partial charge on any atom is -0.508 e. The lowest BCUT2D eigenvalue weighted by Crippen LogP contribution is -2.27. The number of methoxy groups -OCH3 is 1. The van der Waals surface area contributed by atoms with Crippen molar-refractivity contribution in [2.45, 2.75) is 19.3 Å². The van der Waals surface area contributed by atoms with E-state index >= 15 is 0 Å². The highest BCUT2D eigenvalue weighted by atomic mass is 16.5. The summed E-state index contributed by atoms with van der Waals surface area (Å²) in [6, 6.07) is 11.5. The third-order valence-electron chi connectivity index (χ3n) is 4.86. The largest absolute Gasteiger partial charge is 0.508 e. The van der Waals surface area contributed by atoms with Crippen LogP contribution in [0.4, 0.5) is 0 Å². The van der Waals surface area contributed by atoms with Gasteiger partial charge >= 0.3 is 0 Å². The number of carbonyl (C=O) groups is 2. The second-order valence-electron chi connectivity index (χ2n) is 7.58.